The number of fused-ring (bicyclic) bond motifs is 3. The number of rotatable bonds is 7. The summed E-state index contributed by atoms with van der Waals surface area (Å²) in [5, 5.41) is 0. The van der Waals surface area contributed by atoms with E-state index in [1.165, 1.54) is 33.4 Å². The lowest BCUT2D eigenvalue weighted by Crippen LogP contribution is -2.28. The highest BCUT2D eigenvalue weighted by Crippen LogP contribution is 2.57. The molecule has 9 aromatic rings. The van der Waals surface area contributed by atoms with E-state index in [1.807, 2.05) is 72.9 Å². The first-order valence-electron chi connectivity index (χ1n) is 18.6. The van der Waals surface area contributed by atoms with Gasteiger partial charge in [0.1, 0.15) is 0 Å². The van der Waals surface area contributed by atoms with Crippen molar-refractivity contribution in [3.63, 3.8) is 0 Å². The summed E-state index contributed by atoms with van der Waals surface area (Å²) in [6.07, 6.45) is 1.86. The highest BCUT2D eigenvalue weighted by Gasteiger charge is 2.46. The van der Waals surface area contributed by atoms with E-state index in [4.69, 9.17) is 19.9 Å². The predicted octanol–water partition coefficient (Wildman–Crippen LogP) is 12.0. The van der Waals surface area contributed by atoms with Crippen LogP contribution in [0.5, 0.6) is 0 Å². The van der Waals surface area contributed by atoms with Crippen molar-refractivity contribution in [2.45, 2.75) is 5.41 Å². The molecule has 10 rings (SSSR count). The second-order valence-electron chi connectivity index (χ2n) is 13.8. The SMILES string of the molecule is c1ccc(-c2nc(-c3ccccc3)nc(-c3ccc(-c4ccc5c(c4)C(c4ccccc4)(c4ccccc4)c4cc(-c6ccccn6)ccc4-5)cc3)n2)cc1. The number of hydrogen-bond donors (Lipinski definition) is 0. The molecule has 1 aliphatic carbocycles. The fourth-order valence-corrected chi connectivity index (χ4v) is 8.11. The summed E-state index contributed by atoms with van der Waals surface area (Å²) >= 11 is 0. The van der Waals surface area contributed by atoms with Gasteiger partial charge in [-0.1, -0.05) is 176 Å². The van der Waals surface area contributed by atoms with Crippen molar-refractivity contribution in [1.82, 2.24) is 19.9 Å². The maximum absolute atomic E-state index is 4.96. The number of aromatic nitrogens is 4. The van der Waals surface area contributed by atoms with E-state index in [9.17, 15) is 0 Å². The molecule has 0 amide bonds. The summed E-state index contributed by atoms with van der Waals surface area (Å²) in [5.74, 6) is 1.94. The molecule has 258 valence electrons. The molecule has 0 radical (unpaired) electrons. The van der Waals surface area contributed by atoms with Gasteiger partial charge in [0.2, 0.25) is 0 Å². The van der Waals surface area contributed by atoms with Gasteiger partial charge in [0, 0.05) is 28.5 Å². The smallest absolute Gasteiger partial charge is 0.164 e. The van der Waals surface area contributed by atoms with Crippen LogP contribution in [0.4, 0.5) is 0 Å². The van der Waals surface area contributed by atoms with Crippen molar-refractivity contribution in [3.05, 3.63) is 229 Å². The van der Waals surface area contributed by atoms with Gasteiger partial charge in [-0.15, -0.1) is 0 Å². The van der Waals surface area contributed by atoms with E-state index in [-0.39, 0.29) is 0 Å². The molecule has 1 aliphatic rings. The number of nitrogens with zero attached hydrogens (tertiary/aromatic N) is 4. The van der Waals surface area contributed by atoms with Gasteiger partial charge in [-0.25, -0.2) is 15.0 Å². The second kappa shape index (κ2) is 13.6. The molecule has 4 nitrogen and oxygen atoms in total. The van der Waals surface area contributed by atoms with Crippen LogP contribution in [-0.2, 0) is 5.41 Å². The molecule has 0 saturated heterocycles. The summed E-state index contributed by atoms with van der Waals surface area (Å²) < 4.78 is 0. The topological polar surface area (TPSA) is 51.6 Å². The molecular formula is C51H34N4. The van der Waals surface area contributed by atoms with E-state index in [0.29, 0.717) is 17.5 Å². The Morgan fingerprint density at radius 2 is 0.709 bits per heavy atom. The average molecular weight is 703 g/mol. The molecule has 0 unspecified atom stereocenters. The fourth-order valence-electron chi connectivity index (χ4n) is 8.11. The second-order valence-corrected chi connectivity index (χ2v) is 13.8. The fraction of sp³-hybridized carbons (Fsp3) is 0.0196. The van der Waals surface area contributed by atoms with Crippen LogP contribution in [0.25, 0.3) is 67.7 Å². The third-order valence-electron chi connectivity index (χ3n) is 10.7. The number of benzene rings is 7. The molecule has 0 atom stereocenters. The van der Waals surface area contributed by atoms with Gasteiger partial charge in [-0.05, 0) is 68.8 Å². The summed E-state index contributed by atoms with van der Waals surface area (Å²) in [5.41, 5.74) is 14.1. The Morgan fingerprint density at radius 1 is 0.309 bits per heavy atom. The third kappa shape index (κ3) is 5.63. The Kier molecular flexibility index (Phi) is 8.00. The Labute approximate surface area is 320 Å². The van der Waals surface area contributed by atoms with Crippen LogP contribution in [0.3, 0.4) is 0 Å². The lowest BCUT2D eigenvalue weighted by atomic mass is 9.67. The van der Waals surface area contributed by atoms with Crippen LogP contribution in [0, 0.1) is 0 Å². The molecule has 0 N–H and O–H groups in total. The lowest BCUT2D eigenvalue weighted by molar-refractivity contribution is 0.769. The average Bonchev–Trinajstić information content (AvgIpc) is 3.57. The van der Waals surface area contributed by atoms with Crippen LogP contribution in [0.15, 0.2) is 206 Å². The van der Waals surface area contributed by atoms with Crippen LogP contribution >= 0.6 is 0 Å². The molecule has 0 bridgehead atoms. The zero-order valence-electron chi connectivity index (χ0n) is 29.9. The third-order valence-corrected chi connectivity index (χ3v) is 10.7. The highest BCUT2D eigenvalue weighted by atomic mass is 15.0. The minimum Gasteiger partial charge on any atom is -0.256 e. The molecule has 0 fully saturated rings. The lowest BCUT2D eigenvalue weighted by Gasteiger charge is -2.34. The van der Waals surface area contributed by atoms with Crippen LogP contribution in [0.2, 0.25) is 0 Å². The molecule has 4 heteroatoms. The van der Waals surface area contributed by atoms with Crippen LogP contribution < -0.4 is 0 Å². The van der Waals surface area contributed by atoms with Gasteiger partial charge in [0.05, 0.1) is 11.1 Å². The number of hydrogen-bond acceptors (Lipinski definition) is 4. The van der Waals surface area contributed by atoms with E-state index < -0.39 is 5.41 Å². The summed E-state index contributed by atoms with van der Waals surface area (Å²) in [6.45, 7) is 0. The standard InChI is InChI=1S/C51H34N4/c1-5-15-36(16-6-1)48-53-49(37-17-7-2-8-18-37)55-50(54-48)38-26-24-35(25-27-38)39-28-30-43-44-31-29-40(47-23-13-14-32-52-47)34-46(44)51(45(43)33-39,41-19-9-3-10-20-41)42-21-11-4-12-22-42/h1-34H. The Bertz CT molecular complexity index is 2670. The molecule has 0 aliphatic heterocycles. The largest absolute Gasteiger partial charge is 0.256 e. The first-order valence-corrected chi connectivity index (χ1v) is 18.6. The quantitative estimate of drug-likeness (QED) is 0.166. The molecule has 2 heterocycles. The zero-order chi connectivity index (χ0) is 36.6. The van der Waals surface area contributed by atoms with Gasteiger partial charge < -0.3 is 0 Å². The predicted molar refractivity (Wildman–Crippen MR) is 222 cm³/mol. The summed E-state index contributed by atoms with van der Waals surface area (Å²) in [6, 6.07) is 70.5. The first kappa shape index (κ1) is 32.4. The first-order chi connectivity index (χ1) is 27.3. The summed E-state index contributed by atoms with van der Waals surface area (Å²) in [4.78, 5) is 19.5. The zero-order valence-corrected chi connectivity index (χ0v) is 29.9. The van der Waals surface area contributed by atoms with Crippen molar-refractivity contribution in [2.75, 3.05) is 0 Å². The molecule has 7 aromatic carbocycles. The monoisotopic (exact) mass is 702 g/mol. The van der Waals surface area contributed by atoms with Gasteiger partial charge in [-0.2, -0.15) is 0 Å². The highest BCUT2D eigenvalue weighted by molar-refractivity contribution is 5.90. The maximum Gasteiger partial charge on any atom is 0.164 e. The Morgan fingerprint density at radius 3 is 1.20 bits per heavy atom. The van der Waals surface area contributed by atoms with E-state index in [0.717, 1.165) is 39.1 Å². The molecule has 55 heavy (non-hydrogen) atoms. The van der Waals surface area contributed by atoms with Crippen molar-refractivity contribution < 1.29 is 0 Å². The number of pyridine rings is 1. The van der Waals surface area contributed by atoms with Crippen molar-refractivity contribution in [2.24, 2.45) is 0 Å². The summed E-state index contributed by atoms with van der Waals surface area (Å²) in [7, 11) is 0. The normalized spacial score (nSPS) is 12.5. The Hall–Kier alpha value is -7.30. The van der Waals surface area contributed by atoms with Crippen molar-refractivity contribution in [1.29, 1.82) is 0 Å². The van der Waals surface area contributed by atoms with Gasteiger partial charge in [-0.3, -0.25) is 4.98 Å². The molecule has 2 aromatic heterocycles. The Balaban J connectivity index is 1.11. The van der Waals surface area contributed by atoms with Gasteiger partial charge in [0.15, 0.2) is 17.5 Å². The molecule has 0 spiro atoms. The van der Waals surface area contributed by atoms with Crippen LogP contribution in [0.1, 0.15) is 22.3 Å². The minimum atomic E-state index is -0.541. The molecular weight excluding hydrogens is 669 g/mol. The molecule has 0 saturated carbocycles. The van der Waals surface area contributed by atoms with Gasteiger partial charge in [0.25, 0.3) is 0 Å². The van der Waals surface area contributed by atoms with E-state index >= 15 is 0 Å². The van der Waals surface area contributed by atoms with Crippen molar-refractivity contribution in [3.8, 4) is 67.7 Å². The van der Waals surface area contributed by atoms with E-state index in [1.54, 1.807) is 0 Å². The van der Waals surface area contributed by atoms with E-state index in [2.05, 4.69) is 133 Å². The van der Waals surface area contributed by atoms with Crippen LogP contribution in [-0.4, -0.2) is 19.9 Å². The van der Waals surface area contributed by atoms with Gasteiger partial charge >= 0.3 is 0 Å². The minimum absolute atomic E-state index is 0.541. The maximum atomic E-state index is 4.96. The van der Waals surface area contributed by atoms with Crippen molar-refractivity contribution >= 4 is 0 Å².